The summed E-state index contributed by atoms with van der Waals surface area (Å²) in [6.45, 7) is 4.10. The van der Waals surface area contributed by atoms with E-state index in [-0.39, 0.29) is 19.3 Å². The van der Waals surface area contributed by atoms with Crippen LogP contribution in [0.1, 0.15) is 26.7 Å². The maximum Gasteiger partial charge on any atom is 0.100 e. The molecule has 0 radical (unpaired) electrons. The minimum Gasteiger partial charge on any atom is -0.394 e. The fraction of sp³-hybridized carbons (Fsp3) is 1.00. The minimum absolute atomic E-state index is 0.219. The van der Waals surface area contributed by atoms with Gasteiger partial charge < -0.3 is 14.9 Å². The van der Waals surface area contributed by atoms with Gasteiger partial charge in [-0.05, 0) is 12.8 Å². The summed E-state index contributed by atoms with van der Waals surface area (Å²) in [6, 6.07) is 0. The van der Waals surface area contributed by atoms with E-state index in [0.717, 1.165) is 12.8 Å². The number of hydrogen-bond donors (Lipinski definition) is 2. The van der Waals surface area contributed by atoms with Gasteiger partial charge in [-0.2, -0.15) is 0 Å². The van der Waals surface area contributed by atoms with Crippen LogP contribution in [-0.4, -0.2) is 35.6 Å². The minimum atomic E-state index is -0.726. The molecule has 2 N–H and O–H groups in total. The molecule has 1 atom stereocenters. The molecule has 0 heterocycles. The Morgan fingerprint density at radius 2 is 1.82 bits per heavy atom. The van der Waals surface area contributed by atoms with Gasteiger partial charge in [-0.1, -0.05) is 13.8 Å². The lowest BCUT2D eigenvalue weighted by Gasteiger charge is -2.15. The second-order valence-electron chi connectivity index (χ2n) is 2.61. The molecule has 0 spiro atoms. The summed E-state index contributed by atoms with van der Waals surface area (Å²) >= 11 is 0. The van der Waals surface area contributed by atoms with Crippen LogP contribution < -0.4 is 0 Å². The molecule has 3 heteroatoms. The first-order chi connectivity index (χ1) is 5.24. The van der Waals surface area contributed by atoms with Gasteiger partial charge in [-0.3, -0.25) is 0 Å². The van der Waals surface area contributed by atoms with Crippen molar-refractivity contribution in [3.8, 4) is 0 Å². The van der Waals surface area contributed by atoms with Crippen molar-refractivity contribution >= 4 is 0 Å². The number of aliphatic hydroxyl groups is 2. The van der Waals surface area contributed by atoms with Crippen molar-refractivity contribution in [2.24, 2.45) is 0 Å². The highest BCUT2D eigenvalue weighted by Crippen LogP contribution is 2.02. The fourth-order valence-corrected chi connectivity index (χ4v) is 0.824. The SMILES string of the molecule is CCC(CC)OCC(O)CO. The summed E-state index contributed by atoms with van der Waals surface area (Å²) in [4.78, 5) is 0. The average Bonchev–Trinajstić information content (AvgIpc) is 2.06. The quantitative estimate of drug-likeness (QED) is 0.599. The highest BCUT2D eigenvalue weighted by Gasteiger charge is 2.06. The highest BCUT2D eigenvalue weighted by molar-refractivity contribution is 4.55. The summed E-state index contributed by atoms with van der Waals surface area (Å²) in [5, 5.41) is 17.4. The molecule has 0 aliphatic rings. The van der Waals surface area contributed by atoms with Crippen LogP contribution in [0.5, 0.6) is 0 Å². The molecule has 0 bridgehead atoms. The molecule has 0 fully saturated rings. The van der Waals surface area contributed by atoms with Crippen molar-refractivity contribution in [1.82, 2.24) is 0 Å². The Balaban J connectivity index is 3.34. The Morgan fingerprint density at radius 1 is 1.27 bits per heavy atom. The number of aliphatic hydroxyl groups excluding tert-OH is 2. The molecule has 0 aromatic carbocycles. The smallest absolute Gasteiger partial charge is 0.100 e. The fourth-order valence-electron chi connectivity index (χ4n) is 0.824. The maximum atomic E-state index is 8.92. The Labute approximate surface area is 68.0 Å². The topological polar surface area (TPSA) is 49.7 Å². The second kappa shape index (κ2) is 6.58. The van der Waals surface area contributed by atoms with E-state index in [0.29, 0.717) is 0 Å². The van der Waals surface area contributed by atoms with Crippen LogP contribution in [0.25, 0.3) is 0 Å². The Hall–Kier alpha value is -0.120. The first-order valence-corrected chi connectivity index (χ1v) is 4.15. The Kier molecular flexibility index (Phi) is 6.51. The summed E-state index contributed by atoms with van der Waals surface area (Å²) < 4.78 is 5.28. The van der Waals surface area contributed by atoms with Crippen LogP contribution >= 0.6 is 0 Å². The third-order valence-corrected chi connectivity index (χ3v) is 1.65. The predicted molar refractivity (Wildman–Crippen MR) is 43.4 cm³/mol. The normalized spacial score (nSPS) is 13.9. The van der Waals surface area contributed by atoms with Crippen LogP contribution in [0, 0.1) is 0 Å². The highest BCUT2D eigenvalue weighted by atomic mass is 16.5. The van der Waals surface area contributed by atoms with E-state index in [4.69, 9.17) is 14.9 Å². The van der Waals surface area contributed by atoms with Gasteiger partial charge in [0.1, 0.15) is 6.10 Å². The molecule has 0 saturated carbocycles. The van der Waals surface area contributed by atoms with Crippen molar-refractivity contribution in [1.29, 1.82) is 0 Å². The lowest BCUT2D eigenvalue weighted by molar-refractivity contribution is -0.0305. The van der Waals surface area contributed by atoms with Crippen molar-refractivity contribution in [2.75, 3.05) is 13.2 Å². The van der Waals surface area contributed by atoms with Crippen LogP contribution in [0.4, 0.5) is 0 Å². The lowest BCUT2D eigenvalue weighted by atomic mass is 10.2. The van der Waals surface area contributed by atoms with Crippen molar-refractivity contribution in [2.45, 2.75) is 38.9 Å². The zero-order valence-corrected chi connectivity index (χ0v) is 7.29. The molecule has 0 rings (SSSR count). The van der Waals surface area contributed by atoms with Crippen LogP contribution in [0.15, 0.2) is 0 Å². The van der Waals surface area contributed by atoms with Crippen LogP contribution in [-0.2, 0) is 4.74 Å². The molecular weight excluding hydrogens is 144 g/mol. The van der Waals surface area contributed by atoms with Crippen molar-refractivity contribution in [3.05, 3.63) is 0 Å². The van der Waals surface area contributed by atoms with E-state index >= 15 is 0 Å². The number of ether oxygens (including phenoxy) is 1. The third kappa shape index (κ3) is 5.18. The van der Waals surface area contributed by atoms with Crippen LogP contribution in [0.2, 0.25) is 0 Å². The molecule has 0 aliphatic heterocycles. The second-order valence-corrected chi connectivity index (χ2v) is 2.61. The van der Waals surface area contributed by atoms with Gasteiger partial charge in [-0.25, -0.2) is 0 Å². The lowest BCUT2D eigenvalue weighted by Crippen LogP contribution is -2.23. The summed E-state index contributed by atoms with van der Waals surface area (Å²) in [6.07, 6.45) is 1.40. The van der Waals surface area contributed by atoms with Gasteiger partial charge in [0, 0.05) is 0 Å². The molecule has 68 valence electrons. The standard InChI is InChI=1S/C8H18O3/c1-3-8(4-2)11-6-7(10)5-9/h7-10H,3-6H2,1-2H3. The third-order valence-electron chi connectivity index (χ3n) is 1.65. The van der Waals surface area contributed by atoms with E-state index in [1.165, 1.54) is 0 Å². The number of rotatable bonds is 6. The summed E-state index contributed by atoms with van der Waals surface area (Å²) in [5.74, 6) is 0. The first-order valence-electron chi connectivity index (χ1n) is 4.15. The largest absolute Gasteiger partial charge is 0.394 e. The van der Waals surface area contributed by atoms with Gasteiger partial charge in [0.2, 0.25) is 0 Å². The molecule has 0 aromatic heterocycles. The van der Waals surface area contributed by atoms with Crippen molar-refractivity contribution in [3.63, 3.8) is 0 Å². The summed E-state index contributed by atoms with van der Waals surface area (Å²) in [7, 11) is 0. The monoisotopic (exact) mass is 162 g/mol. The maximum absolute atomic E-state index is 8.92. The van der Waals surface area contributed by atoms with Gasteiger partial charge in [0.15, 0.2) is 0 Å². The predicted octanol–water partition coefficient (Wildman–Crippen LogP) is 0.545. The van der Waals surface area contributed by atoms with E-state index in [2.05, 4.69) is 0 Å². The zero-order valence-electron chi connectivity index (χ0n) is 7.29. The molecular formula is C8H18O3. The Bertz CT molecular complexity index is 81.4. The van der Waals surface area contributed by atoms with Crippen molar-refractivity contribution < 1.29 is 14.9 Å². The molecule has 0 aromatic rings. The van der Waals surface area contributed by atoms with E-state index in [9.17, 15) is 0 Å². The number of hydrogen-bond acceptors (Lipinski definition) is 3. The Morgan fingerprint density at radius 3 is 2.18 bits per heavy atom. The molecule has 3 nitrogen and oxygen atoms in total. The molecule has 0 aliphatic carbocycles. The van der Waals surface area contributed by atoms with Gasteiger partial charge in [-0.15, -0.1) is 0 Å². The van der Waals surface area contributed by atoms with E-state index in [1.807, 2.05) is 13.8 Å². The molecule has 0 amide bonds. The molecule has 0 saturated heterocycles. The average molecular weight is 162 g/mol. The first kappa shape index (κ1) is 10.9. The van der Waals surface area contributed by atoms with Gasteiger partial charge in [0.25, 0.3) is 0 Å². The van der Waals surface area contributed by atoms with Gasteiger partial charge in [0.05, 0.1) is 19.3 Å². The molecule has 1 unspecified atom stereocenters. The van der Waals surface area contributed by atoms with Gasteiger partial charge >= 0.3 is 0 Å². The molecule has 11 heavy (non-hydrogen) atoms. The van der Waals surface area contributed by atoms with E-state index in [1.54, 1.807) is 0 Å². The summed E-state index contributed by atoms with van der Waals surface area (Å²) in [5.41, 5.74) is 0. The zero-order chi connectivity index (χ0) is 8.69. The van der Waals surface area contributed by atoms with E-state index < -0.39 is 6.10 Å². The van der Waals surface area contributed by atoms with Crippen LogP contribution in [0.3, 0.4) is 0 Å².